The van der Waals surface area contributed by atoms with Gasteiger partial charge in [0.2, 0.25) is 0 Å². The van der Waals surface area contributed by atoms with Crippen molar-refractivity contribution in [3.8, 4) is 11.8 Å². The van der Waals surface area contributed by atoms with E-state index in [4.69, 9.17) is 10.00 Å². The predicted octanol–water partition coefficient (Wildman–Crippen LogP) is 2.33. The first-order valence-corrected chi connectivity index (χ1v) is 7.12. The van der Waals surface area contributed by atoms with Crippen LogP contribution in [0.2, 0.25) is 0 Å². The van der Waals surface area contributed by atoms with Crippen molar-refractivity contribution in [3.05, 3.63) is 54.1 Å². The maximum Gasteiger partial charge on any atom is 0.318 e. The van der Waals surface area contributed by atoms with Crippen molar-refractivity contribution in [2.75, 3.05) is 24.3 Å². The number of hydrogen-bond donors (Lipinski definition) is 3. The number of anilines is 2. The van der Waals surface area contributed by atoms with Crippen LogP contribution in [0.5, 0.6) is 5.75 Å². The molecule has 7 nitrogen and oxygen atoms in total. The smallest absolute Gasteiger partial charge is 0.318 e. The molecule has 0 spiro atoms. The van der Waals surface area contributed by atoms with E-state index in [9.17, 15) is 9.59 Å². The van der Waals surface area contributed by atoms with Crippen LogP contribution in [0.15, 0.2) is 48.5 Å². The van der Waals surface area contributed by atoms with Gasteiger partial charge in [-0.3, -0.25) is 4.79 Å². The number of nitrogens with one attached hydrogen (secondary N) is 3. The second-order valence-corrected chi connectivity index (χ2v) is 4.75. The molecule has 7 heteroatoms. The zero-order chi connectivity index (χ0) is 17.4. The molecule has 2 rings (SSSR count). The standard InChI is InChI=1S/C17H16N4O3/c1-19-17(23)21-14-6-4-13(5-7-14)20-16(22)11-24-15-8-2-12(10-18)3-9-15/h2-9H,11H2,1H3,(H,20,22)(H2,19,21,23). The number of amides is 3. The van der Waals surface area contributed by atoms with E-state index < -0.39 is 0 Å². The van der Waals surface area contributed by atoms with Gasteiger partial charge >= 0.3 is 6.03 Å². The summed E-state index contributed by atoms with van der Waals surface area (Å²) in [4.78, 5) is 23.0. The van der Waals surface area contributed by atoms with E-state index in [-0.39, 0.29) is 18.5 Å². The van der Waals surface area contributed by atoms with E-state index in [2.05, 4.69) is 16.0 Å². The second kappa shape index (κ2) is 8.19. The Labute approximate surface area is 139 Å². The molecule has 0 aliphatic rings. The lowest BCUT2D eigenvalue weighted by Crippen LogP contribution is -2.24. The average Bonchev–Trinajstić information content (AvgIpc) is 2.62. The minimum atomic E-state index is -0.317. The quantitative estimate of drug-likeness (QED) is 0.785. The van der Waals surface area contributed by atoms with Gasteiger partial charge in [0.25, 0.3) is 5.91 Å². The third-order valence-corrected chi connectivity index (χ3v) is 3.01. The summed E-state index contributed by atoms with van der Waals surface area (Å²) < 4.78 is 5.34. The Morgan fingerprint density at radius 2 is 1.58 bits per heavy atom. The molecular formula is C17H16N4O3. The van der Waals surface area contributed by atoms with Crippen LogP contribution in [0.1, 0.15) is 5.56 Å². The summed E-state index contributed by atoms with van der Waals surface area (Å²) in [6.07, 6.45) is 0. The molecule has 0 heterocycles. The summed E-state index contributed by atoms with van der Waals surface area (Å²) in [5.74, 6) is 0.195. The van der Waals surface area contributed by atoms with Crippen molar-refractivity contribution in [2.45, 2.75) is 0 Å². The Morgan fingerprint density at radius 3 is 2.12 bits per heavy atom. The highest BCUT2D eigenvalue weighted by atomic mass is 16.5. The van der Waals surface area contributed by atoms with Gasteiger partial charge in [-0.25, -0.2) is 4.79 Å². The van der Waals surface area contributed by atoms with E-state index >= 15 is 0 Å². The van der Waals surface area contributed by atoms with E-state index in [1.165, 1.54) is 7.05 Å². The van der Waals surface area contributed by atoms with Crippen LogP contribution in [-0.4, -0.2) is 25.6 Å². The van der Waals surface area contributed by atoms with Crippen molar-refractivity contribution in [1.29, 1.82) is 5.26 Å². The van der Waals surface area contributed by atoms with Crippen LogP contribution < -0.4 is 20.7 Å². The molecule has 0 saturated carbocycles. The molecule has 0 aliphatic heterocycles. The van der Waals surface area contributed by atoms with Crippen molar-refractivity contribution < 1.29 is 14.3 Å². The van der Waals surface area contributed by atoms with Gasteiger partial charge < -0.3 is 20.7 Å². The van der Waals surface area contributed by atoms with Crippen LogP contribution in [0.25, 0.3) is 0 Å². The highest BCUT2D eigenvalue weighted by Gasteiger charge is 2.05. The Hall–Kier alpha value is -3.53. The number of benzene rings is 2. The van der Waals surface area contributed by atoms with Crippen molar-refractivity contribution in [2.24, 2.45) is 0 Å². The summed E-state index contributed by atoms with van der Waals surface area (Å²) in [5.41, 5.74) is 1.73. The zero-order valence-electron chi connectivity index (χ0n) is 13.0. The lowest BCUT2D eigenvalue weighted by molar-refractivity contribution is -0.118. The maximum atomic E-state index is 11.8. The fourth-order valence-corrected chi connectivity index (χ4v) is 1.80. The summed E-state index contributed by atoms with van der Waals surface area (Å²) in [6, 6.07) is 14.9. The monoisotopic (exact) mass is 324 g/mol. The molecular weight excluding hydrogens is 308 g/mol. The summed E-state index contributed by atoms with van der Waals surface area (Å²) >= 11 is 0. The number of carbonyl (C=O) groups excluding carboxylic acids is 2. The number of nitriles is 1. The predicted molar refractivity (Wildman–Crippen MR) is 89.8 cm³/mol. The molecule has 0 radical (unpaired) electrons. The molecule has 24 heavy (non-hydrogen) atoms. The van der Waals surface area contributed by atoms with Gasteiger partial charge in [-0.1, -0.05) is 0 Å². The Bertz CT molecular complexity index is 749. The first-order valence-electron chi connectivity index (χ1n) is 7.12. The van der Waals surface area contributed by atoms with Gasteiger partial charge in [0.1, 0.15) is 5.75 Å². The highest BCUT2D eigenvalue weighted by Crippen LogP contribution is 2.14. The average molecular weight is 324 g/mol. The number of ether oxygens (including phenoxy) is 1. The van der Waals surface area contributed by atoms with E-state index in [1.807, 2.05) is 6.07 Å². The lowest BCUT2D eigenvalue weighted by atomic mass is 10.2. The van der Waals surface area contributed by atoms with Crippen molar-refractivity contribution in [3.63, 3.8) is 0 Å². The highest BCUT2D eigenvalue weighted by molar-refractivity contribution is 5.93. The number of rotatable bonds is 5. The molecule has 0 atom stereocenters. The van der Waals surface area contributed by atoms with Gasteiger partial charge in [-0.2, -0.15) is 5.26 Å². The van der Waals surface area contributed by atoms with Gasteiger partial charge in [0, 0.05) is 18.4 Å². The van der Waals surface area contributed by atoms with Crippen LogP contribution >= 0.6 is 0 Å². The lowest BCUT2D eigenvalue weighted by Gasteiger charge is -2.09. The Kier molecular flexibility index (Phi) is 5.75. The number of nitrogens with zero attached hydrogens (tertiary/aromatic N) is 1. The van der Waals surface area contributed by atoms with Crippen LogP contribution in [0.4, 0.5) is 16.2 Å². The van der Waals surface area contributed by atoms with Crippen molar-refractivity contribution in [1.82, 2.24) is 5.32 Å². The molecule has 2 aromatic carbocycles. The van der Waals surface area contributed by atoms with E-state index in [0.717, 1.165) is 0 Å². The molecule has 0 aromatic heterocycles. The van der Waals surface area contributed by atoms with Crippen molar-refractivity contribution >= 4 is 23.3 Å². The molecule has 3 N–H and O–H groups in total. The minimum Gasteiger partial charge on any atom is -0.484 e. The van der Waals surface area contributed by atoms with E-state index in [0.29, 0.717) is 22.7 Å². The number of urea groups is 1. The molecule has 0 aliphatic carbocycles. The minimum absolute atomic E-state index is 0.149. The maximum absolute atomic E-state index is 11.8. The van der Waals surface area contributed by atoms with Crippen LogP contribution in [0.3, 0.4) is 0 Å². The molecule has 2 aromatic rings. The summed E-state index contributed by atoms with van der Waals surface area (Å²) in [5, 5.41) is 16.5. The van der Waals surface area contributed by atoms with Gasteiger partial charge in [0.05, 0.1) is 11.6 Å². The first kappa shape index (κ1) is 16.8. The fraction of sp³-hybridized carbons (Fsp3) is 0.118. The summed E-state index contributed by atoms with van der Waals surface area (Å²) in [7, 11) is 1.53. The molecule has 0 saturated heterocycles. The number of carbonyl (C=O) groups is 2. The second-order valence-electron chi connectivity index (χ2n) is 4.75. The largest absolute Gasteiger partial charge is 0.484 e. The first-order chi connectivity index (χ1) is 11.6. The van der Waals surface area contributed by atoms with Gasteiger partial charge in [0.15, 0.2) is 6.61 Å². The summed E-state index contributed by atoms with van der Waals surface area (Å²) in [6.45, 7) is -0.149. The Balaban J connectivity index is 1.83. The number of hydrogen-bond acceptors (Lipinski definition) is 4. The molecule has 0 bridgehead atoms. The topological polar surface area (TPSA) is 103 Å². The molecule has 0 unspecified atom stereocenters. The fourth-order valence-electron chi connectivity index (χ4n) is 1.80. The molecule has 122 valence electrons. The normalized spacial score (nSPS) is 9.50. The zero-order valence-corrected chi connectivity index (χ0v) is 13.0. The molecule has 3 amide bonds. The van der Waals surface area contributed by atoms with Gasteiger partial charge in [-0.05, 0) is 48.5 Å². The van der Waals surface area contributed by atoms with E-state index in [1.54, 1.807) is 48.5 Å². The SMILES string of the molecule is CNC(=O)Nc1ccc(NC(=O)COc2ccc(C#N)cc2)cc1. The van der Waals surface area contributed by atoms with Crippen LogP contribution in [0, 0.1) is 11.3 Å². The van der Waals surface area contributed by atoms with Gasteiger partial charge in [-0.15, -0.1) is 0 Å². The van der Waals surface area contributed by atoms with Crippen LogP contribution in [-0.2, 0) is 4.79 Å². The Morgan fingerprint density at radius 1 is 1.00 bits per heavy atom. The third kappa shape index (κ3) is 5.03. The molecule has 0 fully saturated rings. The third-order valence-electron chi connectivity index (χ3n) is 3.01.